The maximum atomic E-state index is 12.1. The topological polar surface area (TPSA) is 42.1 Å². The number of hydrogen-bond donors (Lipinski definition) is 1. The highest BCUT2D eigenvalue weighted by atomic mass is 16.5. The fourth-order valence-corrected chi connectivity index (χ4v) is 2.51. The summed E-state index contributed by atoms with van der Waals surface area (Å²) in [6.45, 7) is 3.96. The highest BCUT2D eigenvalue weighted by Crippen LogP contribution is 2.21. The standard InChI is InChI=1S/C18H17NO2/c1-12-7-8-17(13(2)9-12)21-18(20)10-14-11-19-16-6-4-3-5-15(14)16/h3-9,11,19H,10H2,1-2H3. The summed E-state index contributed by atoms with van der Waals surface area (Å²) in [7, 11) is 0. The maximum absolute atomic E-state index is 12.1. The minimum absolute atomic E-state index is 0.244. The molecule has 0 bridgehead atoms. The molecule has 21 heavy (non-hydrogen) atoms. The zero-order valence-electron chi connectivity index (χ0n) is 12.1. The van der Waals surface area contributed by atoms with Gasteiger partial charge in [-0.25, -0.2) is 0 Å². The Labute approximate surface area is 123 Å². The van der Waals surface area contributed by atoms with E-state index in [4.69, 9.17) is 4.74 Å². The first-order valence-electron chi connectivity index (χ1n) is 6.96. The Balaban J connectivity index is 1.77. The van der Waals surface area contributed by atoms with Gasteiger partial charge < -0.3 is 9.72 Å². The van der Waals surface area contributed by atoms with E-state index in [-0.39, 0.29) is 12.4 Å². The molecule has 0 spiro atoms. The van der Waals surface area contributed by atoms with Gasteiger partial charge in [-0.2, -0.15) is 0 Å². The number of aromatic amines is 1. The van der Waals surface area contributed by atoms with E-state index in [1.807, 2.05) is 62.5 Å². The Kier molecular flexibility index (Phi) is 3.48. The second-order valence-electron chi connectivity index (χ2n) is 5.28. The number of aryl methyl sites for hydroxylation is 2. The number of aromatic nitrogens is 1. The molecule has 2 aromatic carbocycles. The third-order valence-electron chi connectivity index (χ3n) is 3.56. The van der Waals surface area contributed by atoms with Gasteiger partial charge in [-0.15, -0.1) is 0 Å². The third-order valence-corrected chi connectivity index (χ3v) is 3.56. The number of ether oxygens (including phenoxy) is 1. The zero-order valence-corrected chi connectivity index (χ0v) is 12.1. The summed E-state index contributed by atoms with van der Waals surface area (Å²) in [5.74, 6) is 0.386. The molecule has 1 N–H and O–H groups in total. The van der Waals surface area contributed by atoms with Gasteiger partial charge >= 0.3 is 5.97 Å². The van der Waals surface area contributed by atoms with Crippen LogP contribution in [0, 0.1) is 13.8 Å². The van der Waals surface area contributed by atoms with E-state index in [1.165, 1.54) is 0 Å². The lowest BCUT2D eigenvalue weighted by atomic mass is 10.1. The maximum Gasteiger partial charge on any atom is 0.315 e. The fourth-order valence-electron chi connectivity index (χ4n) is 2.51. The largest absolute Gasteiger partial charge is 0.426 e. The molecule has 0 aliphatic heterocycles. The Morgan fingerprint density at radius 2 is 1.95 bits per heavy atom. The Hall–Kier alpha value is -2.55. The van der Waals surface area contributed by atoms with Crippen LogP contribution in [-0.4, -0.2) is 11.0 Å². The first-order valence-corrected chi connectivity index (χ1v) is 6.96. The molecule has 106 valence electrons. The van der Waals surface area contributed by atoms with Gasteiger partial charge in [0.05, 0.1) is 6.42 Å². The summed E-state index contributed by atoms with van der Waals surface area (Å²) in [6, 6.07) is 13.7. The minimum Gasteiger partial charge on any atom is -0.426 e. The number of benzene rings is 2. The number of fused-ring (bicyclic) bond motifs is 1. The number of esters is 1. The molecule has 3 nitrogen and oxygen atoms in total. The Bertz CT molecular complexity index is 802. The van der Waals surface area contributed by atoms with Gasteiger partial charge in [0.25, 0.3) is 0 Å². The quantitative estimate of drug-likeness (QED) is 0.583. The van der Waals surface area contributed by atoms with Crippen molar-refractivity contribution < 1.29 is 9.53 Å². The van der Waals surface area contributed by atoms with Crippen LogP contribution in [0.2, 0.25) is 0 Å². The van der Waals surface area contributed by atoms with Crippen molar-refractivity contribution in [1.82, 2.24) is 4.98 Å². The van der Waals surface area contributed by atoms with Crippen LogP contribution in [0.15, 0.2) is 48.7 Å². The smallest absolute Gasteiger partial charge is 0.315 e. The van der Waals surface area contributed by atoms with Crippen LogP contribution in [0.25, 0.3) is 10.9 Å². The van der Waals surface area contributed by atoms with E-state index in [0.29, 0.717) is 5.75 Å². The average molecular weight is 279 g/mol. The van der Waals surface area contributed by atoms with Gasteiger partial charge in [0, 0.05) is 17.1 Å². The lowest BCUT2D eigenvalue weighted by Crippen LogP contribution is -2.11. The highest BCUT2D eigenvalue weighted by molar-refractivity contribution is 5.87. The van der Waals surface area contributed by atoms with E-state index >= 15 is 0 Å². The molecule has 0 saturated carbocycles. The van der Waals surface area contributed by atoms with Crippen LogP contribution in [0.3, 0.4) is 0 Å². The third kappa shape index (κ3) is 2.82. The summed E-state index contributed by atoms with van der Waals surface area (Å²) >= 11 is 0. The second kappa shape index (κ2) is 5.44. The van der Waals surface area contributed by atoms with Crippen molar-refractivity contribution >= 4 is 16.9 Å². The molecule has 3 aromatic rings. The van der Waals surface area contributed by atoms with E-state index in [0.717, 1.165) is 27.6 Å². The molecule has 0 unspecified atom stereocenters. The SMILES string of the molecule is Cc1ccc(OC(=O)Cc2c[nH]c3ccccc23)c(C)c1. The Morgan fingerprint density at radius 1 is 1.14 bits per heavy atom. The first-order chi connectivity index (χ1) is 10.1. The van der Waals surface area contributed by atoms with Crippen LogP contribution in [-0.2, 0) is 11.2 Å². The number of carbonyl (C=O) groups is 1. The summed E-state index contributed by atoms with van der Waals surface area (Å²) in [6.07, 6.45) is 2.13. The van der Waals surface area contributed by atoms with Crippen LogP contribution in [0.1, 0.15) is 16.7 Å². The van der Waals surface area contributed by atoms with Crippen molar-refractivity contribution in [3.63, 3.8) is 0 Å². The van der Waals surface area contributed by atoms with Crippen LogP contribution in [0.4, 0.5) is 0 Å². The van der Waals surface area contributed by atoms with E-state index in [9.17, 15) is 4.79 Å². The van der Waals surface area contributed by atoms with E-state index < -0.39 is 0 Å². The van der Waals surface area contributed by atoms with Crippen LogP contribution < -0.4 is 4.74 Å². The van der Waals surface area contributed by atoms with Crippen molar-refractivity contribution in [2.24, 2.45) is 0 Å². The molecule has 0 amide bonds. The molecule has 1 heterocycles. The van der Waals surface area contributed by atoms with Gasteiger partial charge in [-0.1, -0.05) is 35.9 Å². The predicted octanol–water partition coefficient (Wildman–Crippen LogP) is 3.93. The van der Waals surface area contributed by atoms with Crippen molar-refractivity contribution in [3.05, 3.63) is 65.4 Å². The molecule has 1 aromatic heterocycles. The summed E-state index contributed by atoms with van der Waals surface area (Å²) in [5, 5.41) is 1.06. The van der Waals surface area contributed by atoms with E-state index in [2.05, 4.69) is 4.98 Å². The average Bonchev–Trinajstić information content (AvgIpc) is 2.85. The van der Waals surface area contributed by atoms with Gasteiger partial charge in [0.15, 0.2) is 0 Å². The number of H-pyrrole nitrogens is 1. The summed E-state index contributed by atoms with van der Waals surface area (Å²) in [4.78, 5) is 15.3. The first kappa shape index (κ1) is 13.4. The molecule has 0 radical (unpaired) electrons. The lowest BCUT2D eigenvalue weighted by Gasteiger charge is -2.07. The Morgan fingerprint density at radius 3 is 2.76 bits per heavy atom. The van der Waals surface area contributed by atoms with Gasteiger partial charge in [-0.05, 0) is 37.1 Å². The van der Waals surface area contributed by atoms with Gasteiger partial charge in [0.1, 0.15) is 5.75 Å². The normalized spacial score (nSPS) is 10.8. The van der Waals surface area contributed by atoms with Crippen molar-refractivity contribution in [3.8, 4) is 5.75 Å². The molecule has 0 aliphatic rings. The van der Waals surface area contributed by atoms with Crippen LogP contribution >= 0.6 is 0 Å². The molecule has 3 heteroatoms. The number of para-hydroxylation sites is 1. The molecule has 0 fully saturated rings. The molecule has 3 rings (SSSR count). The van der Waals surface area contributed by atoms with E-state index in [1.54, 1.807) is 0 Å². The second-order valence-corrected chi connectivity index (χ2v) is 5.28. The molecule has 0 saturated heterocycles. The number of nitrogens with one attached hydrogen (secondary N) is 1. The monoisotopic (exact) mass is 279 g/mol. The van der Waals surface area contributed by atoms with Gasteiger partial charge in [0.2, 0.25) is 0 Å². The van der Waals surface area contributed by atoms with Crippen molar-refractivity contribution in [2.75, 3.05) is 0 Å². The summed E-state index contributed by atoms with van der Waals surface area (Å²) < 4.78 is 5.47. The molecular weight excluding hydrogens is 262 g/mol. The highest BCUT2D eigenvalue weighted by Gasteiger charge is 2.11. The van der Waals surface area contributed by atoms with Crippen LogP contribution in [0.5, 0.6) is 5.75 Å². The molecule has 0 aliphatic carbocycles. The van der Waals surface area contributed by atoms with Crippen molar-refractivity contribution in [1.29, 1.82) is 0 Å². The number of rotatable bonds is 3. The molecule has 0 atom stereocenters. The summed E-state index contributed by atoms with van der Waals surface area (Å²) in [5.41, 5.74) is 4.12. The van der Waals surface area contributed by atoms with Gasteiger partial charge in [-0.3, -0.25) is 4.79 Å². The zero-order chi connectivity index (χ0) is 14.8. The molecular formula is C18H17NO2. The fraction of sp³-hybridized carbons (Fsp3) is 0.167. The number of carbonyl (C=O) groups excluding carboxylic acids is 1. The lowest BCUT2D eigenvalue weighted by molar-refractivity contribution is -0.133. The number of hydrogen-bond acceptors (Lipinski definition) is 2. The van der Waals surface area contributed by atoms with Crippen molar-refractivity contribution in [2.45, 2.75) is 20.3 Å². The predicted molar refractivity (Wildman–Crippen MR) is 83.6 cm³/mol. The minimum atomic E-state index is -0.244.